The van der Waals surface area contributed by atoms with Gasteiger partial charge in [-0.1, -0.05) is 0 Å². The number of carbonyl (C=O) groups is 2. The number of carbonyl (C=O) groups excluding carboxylic acids is 2. The van der Waals surface area contributed by atoms with E-state index in [4.69, 9.17) is 99.5 Å². The van der Waals surface area contributed by atoms with E-state index in [9.17, 15) is 178 Å². The zero-order valence-electron chi connectivity index (χ0n) is 67.7. The summed E-state index contributed by atoms with van der Waals surface area (Å²) in [5.74, 6) is -1.84. The normalized spacial score (nSPS) is 51.7. The minimum Gasteiger partial charge on any atom is -0.394 e. The van der Waals surface area contributed by atoms with Crippen LogP contribution in [0.1, 0.15) is 13.8 Å². The molecule has 11 rings (SSSR count). The molecule has 58 nitrogen and oxygen atoms in total. The van der Waals surface area contributed by atoms with Crippen LogP contribution < -0.4 is 10.6 Å². The van der Waals surface area contributed by atoms with Crippen LogP contribution in [0.5, 0.6) is 0 Å². The van der Waals surface area contributed by atoms with Gasteiger partial charge in [0.15, 0.2) is 69.2 Å². The van der Waals surface area contributed by atoms with Gasteiger partial charge < -0.3 is 279 Å². The minimum atomic E-state index is -2.75. The number of hydrogen-bond donors (Lipinski definition) is 35. The molecule has 128 heavy (non-hydrogen) atoms. The average molecular weight is 1880 g/mol. The number of nitrogens with one attached hydrogen (secondary N) is 2. The number of ether oxygens (including phenoxy) is 21. The summed E-state index contributed by atoms with van der Waals surface area (Å²) in [6.07, 6.45) is -117. The van der Waals surface area contributed by atoms with E-state index in [1.807, 2.05) is 0 Å². The van der Waals surface area contributed by atoms with Gasteiger partial charge in [0, 0.05) is 13.8 Å². The predicted molar refractivity (Wildman–Crippen MR) is 386 cm³/mol. The van der Waals surface area contributed by atoms with Gasteiger partial charge in [-0.25, -0.2) is 0 Å². The molecule has 11 aliphatic heterocycles. The number of aliphatic hydroxyl groups is 33. The molecule has 0 aromatic rings. The Morgan fingerprint density at radius 3 is 0.828 bits per heavy atom. The van der Waals surface area contributed by atoms with Crippen molar-refractivity contribution < 1.29 is 278 Å². The first-order valence-corrected chi connectivity index (χ1v) is 40.7. The third-order valence-corrected chi connectivity index (χ3v) is 23.7. The molecule has 11 heterocycles. The summed E-state index contributed by atoms with van der Waals surface area (Å²) in [4.78, 5) is 25.4. The van der Waals surface area contributed by atoms with Crippen molar-refractivity contribution in [3.8, 4) is 0 Å². The molecule has 55 atom stereocenters. The van der Waals surface area contributed by atoms with E-state index >= 15 is 0 Å². The largest absolute Gasteiger partial charge is 0.394 e. The van der Waals surface area contributed by atoms with Crippen molar-refractivity contribution in [3.05, 3.63) is 0 Å². The van der Waals surface area contributed by atoms with Crippen LogP contribution in [0, 0.1) is 0 Å². The Morgan fingerprint density at radius 2 is 0.430 bits per heavy atom. The van der Waals surface area contributed by atoms with Gasteiger partial charge in [0.25, 0.3) is 0 Å². The fraction of sp³-hybridized carbons (Fsp3) is 0.971. The van der Waals surface area contributed by atoms with E-state index in [0.29, 0.717) is 0 Å². The van der Waals surface area contributed by atoms with Crippen molar-refractivity contribution in [1.29, 1.82) is 0 Å². The molecule has 0 saturated carbocycles. The Morgan fingerprint density at radius 1 is 0.203 bits per heavy atom. The van der Waals surface area contributed by atoms with Gasteiger partial charge in [-0.2, -0.15) is 0 Å². The van der Waals surface area contributed by atoms with Gasteiger partial charge in [0.05, 0.1) is 72.7 Å². The van der Waals surface area contributed by atoms with Crippen LogP contribution in [0.15, 0.2) is 0 Å². The summed E-state index contributed by atoms with van der Waals surface area (Å²) in [6, 6.07) is -3.73. The Balaban J connectivity index is 0.967. The number of aliphatic hydroxyl groups excluding tert-OH is 33. The molecular formula is C70H118N2O56. The topological polar surface area (TPSA) is 920 Å². The number of rotatable bonds is 33. The van der Waals surface area contributed by atoms with Gasteiger partial charge in [0.1, 0.15) is 268 Å². The summed E-state index contributed by atoms with van der Waals surface area (Å²) < 4.78 is 123. The standard InChI is InChI=1S/C70H118N2O56/c1-14(81)71-27-38(92)53(22(9-79)111-60(27)107)122-61-28(72-15(2)82)39(93)54(23(10-80)118-61)123-67-52(106)56(125-70-59(46(100)35(89)24(121-70)11-108-62-47(101)40(94)29(83)16(3-73)112-62)128-69-58(45(99)34(88)21(8-78)117-69)127-66-50(104)43(97)32(86)19(6-76)115-66)37(91)26(120-67)12-109-63-51(105)55(124-64-48(102)41(95)30(84)17(4-74)113-64)36(90)25(119-63)13-110-68-57(44(98)33(87)20(7-77)116-68)126-65-49(103)42(96)31(85)18(5-75)114-65/h16-70,73-80,83-107H,3-13H2,1-2H3,(H,71,81)(H,72,82)/t16-,17-,18-,19-,20-,21-,22-,23-,24-,25-,26-,27-,28-,29-,30-,31-,32-,33-,34-,35-,36-,37-,38-,39-,40+,41+,42+,43+,44+,45+,46+,47+,48+,49+,50-,51+,52+,53-,54-,55+,56+,57+,58+,59+,60-,61+,62+,63+,64-,65-,66-,67-,68+,69-,70-/m1/s1. The second-order valence-corrected chi connectivity index (χ2v) is 32.4. The first-order chi connectivity index (χ1) is 60.6. The maximum absolute atomic E-state index is 13.2. The average Bonchev–Trinajstić information content (AvgIpc) is 0.766. The van der Waals surface area contributed by atoms with E-state index in [2.05, 4.69) is 10.6 Å². The van der Waals surface area contributed by atoms with Crippen molar-refractivity contribution >= 4 is 11.8 Å². The lowest BCUT2D eigenvalue weighted by Crippen LogP contribution is -2.70. The maximum Gasteiger partial charge on any atom is 0.217 e. The van der Waals surface area contributed by atoms with Crippen molar-refractivity contribution in [3.63, 3.8) is 0 Å². The molecule has 0 aliphatic carbocycles. The quantitative estimate of drug-likeness (QED) is 0.0290. The van der Waals surface area contributed by atoms with Crippen LogP contribution in [0.25, 0.3) is 0 Å². The summed E-state index contributed by atoms with van der Waals surface area (Å²) in [7, 11) is 0. The van der Waals surface area contributed by atoms with E-state index in [-0.39, 0.29) is 0 Å². The highest BCUT2D eigenvalue weighted by atomic mass is 16.8. The molecule has 11 aliphatic rings. The molecule has 0 unspecified atom stereocenters. The fourth-order valence-electron chi connectivity index (χ4n) is 16.4. The Kier molecular flexibility index (Phi) is 37.7. The SMILES string of the molecule is CC(=O)N[C@@H]1[C@@H](O)[C@H](O[C@@H]2O[C@H](CO)[C@@H](O[C@H]3O[C@H](CO[C@H]4O[C@H](CO[C@H]5O[C@H](CO)[C@@H](O)[C@H](O)[C@@H]5O[C@H]5O[C@H](CO)[C@@H](O)[C@H](O)[C@@H]5O)[C@@H](O)[C@H](O[C@H]5O[C@H](CO)[C@@H](O)[C@H](O)[C@@H]5O)[C@@H]4O)[C@@H](O)[C@H](O[C@H]4O[C@H](CO[C@H]5O[C@H](CO)[C@@H](O)[C@H](O)[C@@H]5O)[C@@H](O)[C@H](O)[C@@H]4O[C@H]4O[C@H](CO)[C@@H](O)[C@H](O)[C@@H]4O[C@H]4O[C@H](CO)[C@@H](O)[C@H](O)[C@H]4O)[C@@H]3O)[C@H](O)[C@H]2NC(C)=O)[C@@H](CO)O[C@H]1O. The van der Waals surface area contributed by atoms with Crippen LogP contribution in [-0.4, -0.2) is 591 Å². The fourth-order valence-corrected chi connectivity index (χ4v) is 16.4. The van der Waals surface area contributed by atoms with Crippen LogP contribution in [0.4, 0.5) is 0 Å². The molecule has 0 aromatic carbocycles. The molecule has 0 spiro atoms. The Labute approximate surface area is 722 Å². The summed E-state index contributed by atoms with van der Waals surface area (Å²) in [5.41, 5.74) is 0. The van der Waals surface area contributed by atoms with Crippen LogP contribution in [0.3, 0.4) is 0 Å². The third kappa shape index (κ3) is 22.6. The molecule has 11 saturated heterocycles. The highest BCUT2D eigenvalue weighted by Crippen LogP contribution is 2.41. The Bertz CT molecular complexity index is 3380. The van der Waals surface area contributed by atoms with Gasteiger partial charge in [-0.05, 0) is 0 Å². The molecule has 11 fully saturated rings. The zero-order chi connectivity index (χ0) is 94.0. The minimum absolute atomic E-state index is 0.829. The van der Waals surface area contributed by atoms with Gasteiger partial charge in [-0.15, -0.1) is 0 Å². The maximum atomic E-state index is 13.2. The lowest BCUT2D eigenvalue weighted by molar-refractivity contribution is -0.409. The van der Waals surface area contributed by atoms with Crippen molar-refractivity contribution in [2.24, 2.45) is 0 Å². The van der Waals surface area contributed by atoms with Crippen molar-refractivity contribution in [2.75, 3.05) is 72.7 Å². The van der Waals surface area contributed by atoms with E-state index in [1.165, 1.54) is 0 Å². The smallest absolute Gasteiger partial charge is 0.217 e. The highest BCUT2D eigenvalue weighted by Gasteiger charge is 2.62. The van der Waals surface area contributed by atoms with Crippen LogP contribution in [0.2, 0.25) is 0 Å². The Hall–Kier alpha value is -3.22. The van der Waals surface area contributed by atoms with Crippen LogP contribution in [-0.2, 0) is 109 Å². The van der Waals surface area contributed by atoms with Gasteiger partial charge in [0.2, 0.25) is 11.8 Å². The molecule has 58 heteroatoms. The summed E-state index contributed by atoms with van der Waals surface area (Å²) in [5, 5.41) is 372. The van der Waals surface area contributed by atoms with Gasteiger partial charge >= 0.3 is 0 Å². The molecular weight excluding hydrogens is 1760 g/mol. The van der Waals surface area contributed by atoms with E-state index < -0.39 is 422 Å². The third-order valence-electron chi connectivity index (χ3n) is 23.7. The lowest BCUT2D eigenvalue weighted by atomic mass is 9.94. The van der Waals surface area contributed by atoms with E-state index in [1.54, 1.807) is 0 Å². The molecule has 2 amide bonds. The number of amides is 2. The molecule has 0 radical (unpaired) electrons. The molecule has 0 bridgehead atoms. The van der Waals surface area contributed by atoms with Crippen molar-refractivity contribution in [1.82, 2.24) is 10.6 Å². The summed E-state index contributed by atoms with van der Waals surface area (Å²) >= 11 is 0. The first kappa shape index (κ1) is 105. The lowest BCUT2D eigenvalue weighted by Gasteiger charge is -2.51. The zero-order valence-corrected chi connectivity index (χ0v) is 67.7. The van der Waals surface area contributed by atoms with Crippen molar-refractivity contribution in [2.45, 2.75) is 351 Å². The highest BCUT2D eigenvalue weighted by molar-refractivity contribution is 5.73. The number of hydrogen-bond acceptors (Lipinski definition) is 56. The molecule has 0 aromatic heterocycles. The van der Waals surface area contributed by atoms with Crippen LogP contribution >= 0.6 is 0 Å². The van der Waals surface area contributed by atoms with Gasteiger partial charge in [-0.3, -0.25) is 9.59 Å². The first-order valence-electron chi connectivity index (χ1n) is 40.7. The predicted octanol–water partition coefficient (Wildman–Crippen LogP) is -24.7. The second kappa shape index (κ2) is 45.8. The molecule has 35 N–H and O–H groups in total. The molecule has 744 valence electrons. The second-order valence-electron chi connectivity index (χ2n) is 32.4. The monoisotopic (exact) mass is 1880 g/mol. The summed E-state index contributed by atoms with van der Waals surface area (Å²) in [6.45, 7) is -10.7. The van der Waals surface area contributed by atoms with E-state index in [0.717, 1.165) is 13.8 Å².